The van der Waals surface area contributed by atoms with Crippen LogP contribution in [0.4, 0.5) is 0 Å². The van der Waals surface area contributed by atoms with Gasteiger partial charge in [0.2, 0.25) is 0 Å². The zero-order valence-electron chi connectivity index (χ0n) is 12.9. The molecule has 0 saturated carbocycles. The summed E-state index contributed by atoms with van der Waals surface area (Å²) in [6, 6.07) is 0. The summed E-state index contributed by atoms with van der Waals surface area (Å²) in [5, 5.41) is 0. The summed E-state index contributed by atoms with van der Waals surface area (Å²) in [5.74, 6) is 1.52. The fourth-order valence-electron chi connectivity index (χ4n) is 3.49. The third-order valence-corrected chi connectivity index (χ3v) is 4.71. The van der Waals surface area contributed by atoms with Gasteiger partial charge in [-0.25, -0.2) is 0 Å². The molecule has 2 unspecified atom stereocenters. The van der Waals surface area contributed by atoms with E-state index >= 15 is 0 Å². The summed E-state index contributed by atoms with van der Waals surface area (Å²) >= 11 is 0. The summed E-state index contributed by atoms with van der Waals surface area (Å²) in [6.07, 6.45) is 19.1. The maximum absolute atomic E-state index is 2.54. The number of hydrogen-bond acceptors (Lipinski definition) is 0. The van der Waals surface area contributed by atoms with E-state index in [2.05, 4.69) is 52.0 Å². The van der Waals surface area contributed by atoms with Gasteiger partial charge in [-0.05, 0) is 43.9 Å². The quantitative estimate of drug-likeness (QED) is 0.495. The molecule has 104 valence electrons. The average Bonchev–Trinajstić information content (AvgIpc) is 2.29. The molecule has 0 spiro atoms. The van der Waals surface area contributed by atoms with Crippen molar-refractivity contribution in [2.75, 3.05) is 0 Å². The van der Waals surface area contributed by atoms with Gasteiger partial charge in [-0.3, -0.25) is 0 Å². The van der Waals surface area contributed by atoms with E-state index in [1.807, 2.05) is 0 Å². The van der Waals surface area contributed by atoms with Crippen molar-refractivity contribution in [1.82, 2.24) is 0 Å². The molecule has 0 saturated heterocycles. The second kappa shape index (κ2) is 7.81. The van der Waals surface area contributed by atoms with Crippen LogP contribution in [0.3, 0.4) is 0 Å². The monoisotopic (exact) mass is 248 g/mol. The molecule has 0 aromatic carbocycles. The van der Waals surface area contributed by atoms with Gasteiger partial charge in [-0.1, -0.05) is 64.8 Å². The molecule has 0 aliphatic heterocycles. The van der Waals surface area contributed by atoms with Gasteiger partial charge < -0.3 is 0 Å². The second-order valence-corrected chi connectivity index (χ2v) is 6.12. The van der Waals surface area contributed by atoms with E-state index in [0.717, 1.165) is 11.8 Å². The van der Waals surface area contributed by atoms with Crippen molar-refractivity contribution in [3.8, 4) is 0 Å². The van der Waals surface area contributed by atoms with Crippen LogP contribution in [-0.4, -0.2) is 0 Å². The molecule has 0 aromatic heterocycles. The molecule has 0 radical (unpaired) electrons. The normalized spacial score (nSPS) is 29.3. The van der Waals surface area contributed by atoms with E-state index in [4.69, 9.17) is 0 Å². The molecule has 0 bridgehead atoms. The predicted octanol–water partition coefficient (Wildman–Crippen LogP) is 6.14. The van der Waals surface area contributed by atoms with Crippen molar-refractivity contribution in [2.24, 2.45) is 17.3 Å². The Bertz CT molecular complexity index is 244. The van der Waals surface area contributed by atoms with Crippen LogP contribution in [0.25, 0.3) is 0 Å². The summed E-state index contributed by atoms with van der Waals surface area (Å²) in [4.78, 5) is 0. The Kier molecular flexibility index (Phi) is 6.75. The van der Waals surface area contributed by atoms with Crippen LogP contribution in [0.5, 0.6) is 0 Å². The molecule has 0 amide bonds. The highest BCUT2D eigenvalue weighted by Gasteiger charge is 2.35. The van der Waals surface area contributed by atoms with Gasteiger partial charge in [0, 0.05) is 5.41 Å². The van der Waals surface area contributed by atoms with Crippen LogP contribution < -0.4 is 0 Å². The molecule has 2 atom stereocenters. The van der Waals surface area contributed by atoms with E-state index in [9.17, 15) is 0 Å². The molecule has 0 heteroatoms. The van der Waals surface area contributed by atoms with Crippen molar-refractivity contribution >= 4 is 0 Å². The number of allylic oxidation sites excluding steroid dienone is 4. The maximum Gasteiger partial charge on any atom is 0.0112 e. The van der Waals surface area contributed by atoms with Crippen LogP contribution >= 0.6 is 0 Å². The van der Waals surface area contributed by atoms with Crippen LogP contribution in [0.2, 0.25) is 0 Å². The third-order valence-electron chi connectivity index (χ3n) is 4.71. The Labute approximate surface area is 115 Å². The highest BCUT2D eigenvalue weighted by atomic mass is 14.4. The second-order valence-electron chi connectivity index (χ2n) is 6.12. The van der Waals surface area contributed by atoms with Crippen molar-refractivity contribution in [1.29, 1.82) is 0 Å². The summed E-state index contributed by atoms with van der Waals surface area (Å²) < 4.78 is 0. The first-order valence-electron chi connectivity index (χ1n) is 8.02. The van der Waals surface area contributed by atoms with E-state index in [1.165, 1.54) is 44.9 Å². The lowest BCUT2D eigenvalue weighted by molar-refractivity contribution is 0.192. The molecule has 0 fully saturated rings. The topological polar surface area (TPSA) is 0 Å². The Morgan fingerprint density at radius 3 is 1.72 bits per heavy atom. The Morgan fingerprint density at radius 1 is 0.889 bits per heavy atom. The number of rotatable bonds is 6. The fraction of sp³-hybridized carbons (Fsp3) is 0.778. The van der Waals surface area contributed by atoms with Gasteiger partial charge >= 0.3 is 0 Å². The van der Waals surface area contributed by atoms with Gasteiger partial charge in [0.05, 0.1) is 0 Å². The molecule has 1 aliphatic carbocycles. The highest BCUT2D eigenvalue weighted by molar-refractivity contribution is 5.17. The zero-order chi connectivity index (χ0) is 13.4. The van der Waals surface area contributed by atoms with Crippen molar-refractivity contribution in [2.45, 2.75) is 72.6 Å². The Balaban J connectivity index is 3.00. The molecule has 1 aliphatic rings. The summed E-state index contributed by atoms with van der Waals surface area (Å²) in [5.41, 5.74) is 0.312. The van der Waals surface area contributed by atoms with Crippen LogP contribution in [0.15, 0.2) is 24.3 Å². The van der Waals surface area contributed by atoms with Crippen LogP contribution in [0, 0.1) is 17.3 Å². The molecular formula is C18H32. The van der Waals surface area contributed by atoms with Gasteiger partial charge in [-0.2, -0.15) is 0 Å². The predicted molar refractivity (Wildman–Crippen MR) is 82.7 cm³/mol. The lowest BCUT2D eigenvalue weighted by Gasteiger charge is -2.40. The van der Waals surface area contributed by atoms with Crippen molar-refractivity contribution in [3.63, 3.8) is 0 Å². The SMILES string of the molecule is CCCC(C)C1(C(C)CCC)C=CCCC/C=C\1. The molecule has 0 aromatic rings. The van der Waals surface area contributed by atoms with E-state index in [0.29, 0.717) is 5.41 Å². The van der Waals surface area contributed by atoms with Gasteiger partial charge in [-0.15, -0.1) is 0 Å². The minimum absolute atomic E-state index is 0.312. The largest absolute Gasteiger partial charge is 0.0876 e. The first kappa shape index (κ1) is 15.5. The highest BCUT2D eigenvalue weighted by Crippen LogP contribution is 2.44. The lowest BCUT2D eigenvalue weighted by Crippen LogP contribution is -2.32. The summed E-state index contributed by atoms with van der Waals surface area (Å²) in [6.45, 7) is 9.52. The molecule has 1 rings (SSSR count). The average molecular weight is 248 g/mol. The first-order chi connectivity index (χ1) is 8.67. The Morgan fingerprint density at radius 2 is 1.33 bits per heavy atom. The van der Waals surface area contributed by atoms with Gasteiger partial charge in [0.15, 0.2) is 0 Å². The third kappa shape index (κ3) is 3.73. The molecule has 0 nitrogen and oxygen atoms in total. The number of hydrogen-bond donors (Lipinski definition) is 0. The lowest BCUT2D eigenvalue weighted by atomic mass is 9.64. The van der Waals surface area contributed by atoms with Crippen LogP contribution in [-0.2, 0) is 0 Å². The molecule has 18 heavy (non-hydrogen) atoms. The van der Waals surface area contributed by atoms with Crippen molar-refractivity contribution in [3.05, 3.63) is 24.3 Å². The van der Waals surface area contributed by atoms with Crippen LogP contribution in [0.1, 0.15) is 72.6 Å². The minimum Gasteiger partial charge on any atom is -0.0876 e. The standard InChI is InChI=1S/C18H32/c1-5-12-16(3)18(17(4)13-6-2)14-10-8-7-9-11-15-18/h10-11,14-17H,5-9,12-13H2,1-4H3/b14-10-,15-11?. The van der Waals surface area contributed by atoms with Crippen molar-refractivity contribution < 1.29 is 0 Å². The van der Waals surface area contributed by atoms with E-state index < -0.39 is 0 Å². The molecule has 0 N–H and O–H groups in total. The van der Waals surface area contributed by atoms with Gasteiger partial charge in [0.1, 0.15) is 0 Å². The first-order valence-corrected chi connectivity index (χ1v) is 8.02. The van der Waals surface area contributed by atoms with E-state index in [1.54, 1.807) is 0 Å². The minimum atomic E-state index is 0.312. The molecule has 0 heterocycles. The fourth-order valence-corrected chi connectivity index (χ4v) is 3.49. The Hall–Kier alpha value is -0.520. The smallest absolute Gasteiger partial charge is 0.0112 e. The van der Waals surface area contributed by atoms with Gasteiger partial charge in [0.25, 0.3) is 0 Å². The zero-order valence-corrected chi connectivity index (χ0v) is 12.9. The summed E-state index contributed by atoms with van der Waals surface area (Å²) in [7, 11) is 0. The van der Waals surface area contributed by atoms with E-state index in [-0.39, 0.29) is 0 Å². The maximum atomic E-state index is 2.54. The molecular weight excluding hydrogens is 216 g/mol.